The Balaban J connectivity index is 1.97. The predicted octanol–water partition coefficient (Wildman–Crippen LogP) is 4.97. The summed E-state index contributed by atoms with van der Waals surface area (Å²) in [5.41, 5.74) is 0. The van der Waals surface area contributed by atoms with Gasteiger partial charge in [0.1, 0.15) is 0 Å². The lowest BCUT2D eigenvalue weighted by Crippen LogP contribution is -1.62. The monoisotopic (exact) mass is 366 g/mol. The molecule has 0 fully saturated rings. The zero-order valence-corrected chi connectivity index (χ0v) is 12.5. The van der Waals surface area contributed by atoms with Crippen LogP contribution < -0.4 is 0 Å². The smallest absolute Gasteiger partial charge is 0.0785 e. The molecule has 3 rings (SSSR count). The van der Waals surface area contributed by atoms with Gasteiger partial charge in [-0.15, -0.1) is 22.7 Å². The highest BCUT2D eigenvalue weighted by Gasteiger charge is 1.98. The fraction of sp³-hybridized carbons (Fsp3) is 0. The summed E-state index contributed by atoms with van der Waals surface area (Å²) in [4.78, 5) is 2.27. The fourth-order valence-corrected chi connectivity index (χ4v) is 3.94. The largest absolute Gasteiger partial charge is 0.127 e. The Morgan fingerprint density at radius 1 is 0.882 bits per heavy atom. The van der Waals surface area contributed by atoms with Crippen LogP contribution in [0.3, 0.4) is 0 Å². The van der Waals surface area contributed by atoms with E-state index in [1.54, 1.807) is 22.7 Å². The van der Waals surface area contributed by atoms with Gasteiger partial charge in [0.05, 0.1) is 12.6 Å². The minimum atomic E-state index is 1.13. The normalized spacial score (nSPS) is 10.2. The number of fused-ring (bicyclic) bond motifs is 1. The summed E-state index contributed by atoms with van der Waals surface area (Å²) in [7, 11) is 0. The Bertz CT molecular complexity index is 692. The van der Waals surface area contributed by atoms with Crippen molar-refractivity contribution in [1.29, 1.82) is 0 Å². The van der Waals surface area contributed by atoms with E-state index in [1.807, 2.05) is 0 Å². The van der Waals surface area contributed by atoms with Gasteiger partial charge in [-0.25, -0.2) is 0 Å². The molecule has 0 spiro atoms. The molecular weight excluding hydrogens is 359 g/mol. The van der Waals surface area contributed by atoms with Crippen LogP contribution in [-0.2, 0) is 0 Å². The molecule has 0 saturated carbocycles. The SMILES string of the molecule is Ic1ccc(C#Cc2cc3ccccc3s2)s1. The first kappa shape index (κ1) is 11.3. The Hall–Kier alpha value is -0.830. The lowest BCUT2D eigenvalue weighted by Gasteiger charge is -1.82. The first-order chi connectivity index (χ1) is 8.31. The quantitative estimate of drug-likeness (QED) is 0.389. The van der Waals surface area contributed by atoms with Crippen LogP contribution in [0.25, 0.3) is 10.1 Å². The topological polar surface area (TPSA) is 0 Å². The van der Waals surface area contributed by atoms with E-state index in [-0.39, 0.29) is 0 Å². The first-order valence-corrected chi connectivity index (χ1v) is 7.78. The standard InChI is InChI=1S/C14H7IS2/c15-14-8-7-11(17-14)5-6-12-9-10-3-1-2-4-13(10)16-12/h1-4,7-9H. The third-order valence-electron chi connectivity index (χ3n) is 2.31. The minimum Gasteiger partial charge on any atom is -0.127 e. The molecule has 3 heteroatoms. The van der Waals surface area contributed by atoms with Gasteiger partial charge in [-0.1, -0.05) is 18.2 Å². The molecule has 0 N–H and O–H groups in total. The van der Waals surface area contributed by atoms with E-state index in [2.05, 4.69) is 76.9 Å². The third-order valence-corrected chi connectivity index (χ3v) is 5.15. The van der Waals surface area contributed by atoms with Crippen molar-refractivity contribution in [3.8, 4) is 11.8 Å². The van der Waals surface area contributed by atoms with Gasteiger partial charge < -0.3 is 0 Å². The highest BCUT2D eigenvalue weighted by molar-refractivity contribution is 14.1. The van der Waals surface area contributed by atoms with E-state index in [0.717, 1.165) is 9.75 Å². The number of rotatable bonds is 0. The molecule has 0 nitrogen and oxygen atoms in total. The van der Waals surface area contributed by atoms with Gasteiger partial charge in [0.25, 0.3) is 0 Å². The summed E-state index contributed by atoms with van der Waals surface area (Å²) < 4.78 is 2.58. The zero-order chi connectivity index (χ0) is 11.7. The number of hydrogen-bond donors (Lipinski definition) is 0. The molecule has 0 unspecified atom stereocenters. The molecular formula is C14H7IS2. The van der Waals surface area contributed by atoms with Crippen molar-refractivity contribution in [3.63, 3.8) is 0 Å². The van der Waals surface area contributed by atoms with Crippen molar-refractivity contribution < 1.29 is 0 Å². The van der Waals surface area contributed by atoms with Crippen molar-refractivity contribution in [1.82, 2.24) is 0 Å². The molecule has 2 heterocycles. The molecule has 1 aromatic carbocycles. The van der Waals surface area contributed by atoms with E-state index in [9.17, 15) is 0 Å². The van der Waals surface area contributed by atoms with E-state index in [4.69, 9.17) is 0 Å². The van der Waals surface area contributed by atoms with Crippen LogP contribution in [0.2, 0.25) is 0 Å². The van der Waals surface area contributed by atoms with Crippen molar-refractivity contribution in [3.05, 3.63) is 55.1 Å². The van der Waals surface area contributed by atoms with E-state index >= 15 is 0 Å². The van der Waals surface area contributed by atoms with Crippen LogP contribution in [-0.4, -0.2) is 0 Å². The Morgan fingerprint density at radius 2 is 1.71 bits per heavy atom. The van der Waals surface area contributed by atoms with Crippen molar-refractivity contribution in [2.45, 2.75) is 0 Å². The lowest BCUT2D eigenvalue weighted by molar-refractivity contribution is 1.85. The number of halogens is 1. The first-order valence-electron chi connectivity index (χ1n) is 5.07. The van der Waals surface area contributed by atoms with Crippen LogP contribution in [0, 0.1) is 14.7 Å². The summed E-state index contributed by atoms with van der Waals surface area (Å²) in [5.74, 6) is 6.46. The van der Waals surface area contributed by atoms with Crippen LogP contribution in [0.4, 0.5) is 0 Å². The fourth-order valence-electron chi connectivity index (χ4n) is 1.55. The second-order valence-electron chi connectivity index (χ2n) is 3.50. The molecule has 0 bridgehead atoms. The molecule has 0 aliphatic rings. The van der Waals surface area contributed by atoms with E-state index < -0.39 is 0 Å². The third kappa shape index (κ3) is 2.54. The van der Waals surface area contributed by atoms with Crippen LogP contribution in [0.5, 0.6) is 0 Å². The zero-order valence-electron chi connectivity index (χ0n) is 8.74. The Morgan fingerprint density at radius 3 is 2.47 bits per heavy atom. The van der Waals surface area contributed by atoms with Crippen molar-refractivity contribution >= 4 is 55.4 Å². The number of thiophene rings is 2. The number of benzene rings is 1. The lowest BCUT2D eigenvalue weighted by atomic mass is 10.2. The maximum Gasteiger partial charge on any atom is 0.0785 e. The van der Waals surface area contributed by atoms with Gasteiger partial charge in [-0.05, 0) is 64.1 Å². The number of hydrogen-bond acceptors (Lipinski definition) is 2. The Labute approximate surface area is 121 Å². The molecule has 17 heavy (non-hydrogen) atoms. The average Bonchev–Trinajstić information content (AvgIpc) is 2.91. The van der Waals surface area contributed by atoms with Crippen LogP contribution in [0.15, 0.2) is 42.5 Å². The van der Waals surface area contributed by atoms with Crippen LogP contribution >= 0.6 is 45.3 Å². The molecule has 0 radical (unpaired) electrons. The van der Waals surface area contributed by atoms with Gasteiger partial charge in [-0.2, -0.15) is 0 Å². The summed E-state index contributed by atoms with van der Waals surface area (Å²) >= 11 is 5.80. The van der Waals surface area contributed by atoms with Gasteiger partial charge in [0.15, 0.2) is 0 Å². The van der Waals surface area contributed by atoms with Gasteiger partial charge in [0.2, 0.25) is 0 Å². The van der Waals surface area contributed by atoms with Crippen molar-refractivity contribution in [2.75, 3.05) is 0 Å². The summed E-state index contributed by atoms with van der Waals surface area (Å²) in [6, 6.07) is 14.7. The second-order valence-corrected chi connectivity index (χ2v) is 7.56. The highest BCUT2D eigenvalue weighted by atomic mass is 127. The van der Waals surface area contributed by atoms with Gasteiger partial charge >= 0.3 is 0 Å². The molecule has 82 valence electrons. The van der Waals surface area contributed by atoms with Crippen molar-refractivity contribution in [2.24, 2.45) is 0 Å². The predicted molar refractivity (Wildman–Crippen MR) is 84.8 cm³/mol. The summed E-state index contributed by atoms with van der Waals surface area (Å²) in [6.07, 6.45) is 0. The van der Waals surface area contributed by atoms with E-state index in [1.165, 1.54) is 13.0 Å². The summed E-state index contributed by atoms with van der Waals surface area (Å²) in [6.45, 7) is 0. The molecule has 0 aliphatic carbocycles. The van der Waals surface area contributed by atoms with Crippen LogP contribution in [0.1, 0.15) is 9.75 Å². The maximum atomic E-state index is 3.24. The van der Waals surface area contributed by atoms with Gasteiger partial charge in [-0.3, -0.25) is 0 Å². The summed E-state index contributed by atoms with van der Waals surface area (Å²) in [5, 5.41) is 1.28. The molecule has 0 atom stereocenters. The molecule has 0 amide bonds. The maximum absolute atomic E-state index is 3.24. The molecule has 0 saturated heterocycles. The van der Waals surface area contributed by atoms with E-state index in [0.29, 0.717) is 0 Å². The molecule has 2 aromatic heterocycles. The molecule has 0 aliphatic heterocycles. The van der Waals surface area contributed by atoms with Gasteiger partial charge in [0, 0.05) is 4.70 Å². The Kier molecular flexibility index (Phi) is 3.19. The highest BCUT2D eigenvalue weighted by Crippen LogP contribution is 2.24. The minimum absolute atomic E-state index is 1.13. The molecule has 3 aromatic rings. The second kappa shape index (κ2) is 4.81. The average molecular weight is 366 g/mol.